The Kier molecular flexibility index (Phi) is 6.64. The molecule has 6 nitrogen and oxygen atoms in total. The second kappa shape index (κ2) is 9.16. The molecule has 3 rings (SSSR count). The van der Waals surface area contributed by atoms with Gasteiger partial charge in [0.15, 0.2) is 10.9 Å². The average molecular weight is 417 g/mol. The van der Waals surface area contributed by atoms with E-state index in [2.05, 4.69) is 4.98 Å². The number of hydrogen-bond acceptors (Lipinski definition) is 7. The lowest BCUT2D eigenvalue weighted by Gasteiger charge is -2.12. The normalized spacial score (nSPS) is 10.9. The number of benzene rings is 1. The molecule has 1 aromatic carbocycles. The molecule has 0 spiro atoms. The van der Waals surface area contributed by atoms with Crippen LogP contribution >= 0.6 is 23.1 Å². The lowest BCUT2D eigenvalue weighted by atomic mass is 10.1. The zero-order valence-electron chi connectivity index (χ0n) is 15.6. The van der Waals surface area contributed by atoms with Gasteiger partial charge in [-0.05, 0) is 30.9 Å². The van der Waals surface area contributed by atoms with Crippen LogP contribution in [0.5, 0.6) is 0 Å². The molecule has 0 atom stereocenters. The highest BCUT2D eigenvalue weighted by Gasteiger charge is 2.16. The Labute approximate surface area is 170 Å². The van der Waals surface area contributed by atoms with Crippen molar-refractivity contribution in [1.29, 1.82) is 0 Å². The Morgan fingerprint density at radius 2 is 1.96 bits per heavy atom. The largest absolute Gasteiger partial charge is 0.466 e. The van der Waals surface area contributed by atoms with E-state index in [4.69, 9.17) is 4.74 Å². The van der Waals surface area contributed by atoms with Crippen LogP contribution in [0, 0.1) is 6.92 Å². The fourth-order valence-corrected chi connectivity index (χ4v) is 4.26. The zero-order chi connectivity index (χ0) is 20.1. The molecule has 28 heavy (non-hydrogen) atoms. The van der Waals surface area contributed by atoms with Gasteiger partial charge in [0, 0.05) is 0 Å². The van der Waals surface area contributed by atoms with Gasteiger partial charge in [0.1, 0.15) is 11.1 Å². The molecule has 0 saturated heterocycles. The maximum atomic E-state index is 13.0. The first kappa shape index (κ1) is 20.3. The van der Waals surface area contributed by atoms with Crippen LogP contribution in [0.15, 0.2) is 45.7 Å². The lowest BCUT2D eigenvalue weighted by molar-refractivity contribution is -0.145. The summed E-state index contributed by atoms with van der Waals surface area (Å²) >= 11 is 2.52. The summed E-state index contributed by atoms with van der Waals surface area (Å²) in [5, 5.41) is 2.30. The molecule has 0 aliphatic heterocycles. The van der Waals surface area contributed by atoms with Crippen molar-refractivity contribution in [3.63, 3.8) is 0 Å². The number of aromatic nitrogens is 2. The smallest absolute Gasteiger partial charge is 0.313 e. The zero-order valence-corrected chi connectivity index (χ0v) is 17.3. The van der Waals surface area contributed by atoms with E-state index in [1.165, 1.54) is 23.1 Å². The molecule has 0 amide bonds. The molecular formula is C20H20N2O4S2. The maximum Gasteiger partial charge on any atom is 0.313 e. The standard InChI is InChI=1S/C20H20N2O4S2/c1-3-26-17(24)10-15(23)12-28-20-21-16-8-9-27-18(16)19(25)22(20)11-14-6-4-13(2)5-7-14/h4-9H,3,10-12H2,1-2H3. The predicted molar refractivity (Wildman–Crippen MR) is 111 cm³/mol. The van der Waals surface area contributed by atoms with Crippen LogP contribution < -0.4 is 5.56 Å². The Morgan fingerprint density at radius 3 is 2.68 bits per heavy atom. The van der Waals surface area contributed by atoms with Gasteiger partial charge in [-0.25, -0.2) is 4.98 Å². The first-order chi connectivity index (χ1) is 13.5. The van der Waals surface area contributed by atoms with E-state index in [-0.39, 0.29) is 30.1 Å². The molecule has 0 aliphatic carbocycles. The van der Waals surface area contributed by atoms with Gasteiger partial charge in [-0.3, -0.25) is 19.0 Å². The molecule has 0 N–H and O–H groups in total. The molecular weight excluding hydrogens is 396 g/mol. The van der Waals surface area contributed by atoms with Crippen molar-refractivity contribution in [3.05, 3.63) is 57.2 Å². The van der Waals surface area contributed by atoms with E-state index in [9.17, 15) is 14.4 Å². The van der Waals surface area contributed by atoms with Gasteiger partial charge < -0.3 is 4.74 Å². The number of rotatable bonds is 8. The third-order valence-corrected chi connectivity index (χ3v) is 5.93. The fraction of sp³-hybridized carbons (Fsp3) is 0.300. The molecule has 0 fully saturated rings. The topological polar surface area (TPSA) is 78.3 Å². The monoisotopic (exact) mass is 416 g/mol. The second-order valence-electron chi connectivity index (χ2n) is 6.22. The van der Waals surface area contributed by atoms with Crippen molar-refractivity contribution in [2.45, 2.75) is 32.0 Å². The molecule has 3 aromatic rings. The van der Waals surface area contributed by atoms with E-state index in [1.807, 2.05) is 36.6 Å². The summed E-state index contributed by atoms with van der Waals surface area (Å²) in [6.07, 6.45) is -0.274. The average Bonchev–Trinajstić information content (AvgIpc) is 3.13. The minimum Gasteiger partial charge on any atom is -0.466 e. The van der Waals surface area contributed by atoms with Gasteiger partial charge in [0.05, 0.1) is 24.4 Å². The van der Waals surface area contributed by atoms with Crippen LogP contribution in [0.1, 0.15) is 24.5 Å². The summed E-state index contributed by atoms with van der Waals surface area (Å²) in [5.41, 5.74) is 2.61. The first-order valence-corrected chi connectivity index (χ1v) is 10.7. The maximum absolute atomic E-state index is 13.0. The molecule has 2 aromatic heterocycles. The molecule has 0 aliphatic rings. The van der Waals surface area contributed by atoms with Crippen LogP contribution in [0.3, 0.4) is 0 Å². The van der Waals surface area contributed by atoms with E-state index in [0.717, 1.165) is 11.1 Å². The molecule has 0 bridgehead atoms. The van der Waals surface area contributed by atoms with Gasteiger partial charge in [0.2, 0.25) is 0 Å². The number of esters is 1. The predicted octanol–water partition coefficient (Wildman–Crippen LogP) is 3.43. The Bertz CT molecular complexity index is 1050. The number of carbonyl (C=O) groups excluding carboxylic acids is 2. The Morgan fingerprint density at radius 1 is 1.21 bits per heavy atom. The second-order valence-corrected chi connectivity index (χ2v) is 8.07. The number of carbonyl (C=O) groups is 2. The van der Waals surface area contributed by atoms with Crippen LogP contribution in [0.4, 0.5) is 0 Å². The molecule has 0 saturated carbocycles. The summed E-state index contributed by atoms with van der Waals surface area (Å²) in [7, 11) is 0. The van der Waals surface area contributed by atoms with Gasteiger partial charge in [0.25, 0.3) is 5.56 Å². The quantitative estimate of drug-likeness (QED) is 0.242. The van der Waals surface area contributed by atoms with E-state index < -0.39 is 5.97 Å². The summed E-state index contributed by atoms with van der Waals surface area (Å²) in [6, 6.07) is 9.73. The number of fused-ring (bicyclic) bond motifs is 1. The number of thiophene rings is 1. The third kappa shape index (κ3) is 4.88. The molecule has 146 valence electrons. The number of thioether (sulfide) groups is 1. The molecule has 2 heterocycles. The van der Waals surface area contributed by atoms with Crippen molar-refractivity contribution in [2.75, 3.05) is 12.4 Å². The fourth-order valence-electron chi connectivity index (χ4n) is 2.62. The minimum absolute atomic E-state index is 0.0504. The Balaban J connectivity index is 1.85. The van der Waals surface area contributed by atoms with Crippen molar-refractivity contribution in [3.8, 4) is 0 Å². The lowest BCUT2D eigenvalue weighted by Crippen LogP contribution is -2.23. The van der Waals surface area contributed by atoms with Gasteiger partial charge in [-0.15, -0.1) is 11.3 Å². The van der Waals surface area contributed by atoms with Crippen LogP contribution in [-0.2, 0) is 20.9 Å². The number of Topliss-reactive ketones (excluding diaryl/α,β-unsaturated/α-hetero) is 1. The summed E-state index contributed by atoms with van der Waals surface area (Å²) < 4.78 is 6.99. The van der Waals surface area contributed by atoms with E-state index in [1.54, 1.807) is 17.6 Å². The highest BCUT2D eigenvalue weighted by Crippen LogP contribution is 2.22. The van der Waals surface area contributed by atoms with Crippen molar-refractivity contribution in [2.24, 2.45) is 0 Å². The van der Waals surface area contributed by atoms with Gasteiger partial charge in [-0.2, -0.15) is 0 Å². The van der Waals surface area contributed by atoms with Crippen LogP contribution in [-0.4, -0.2) is 33.7 Å². The van der Waals surface area contributed by atoms with Gasteiger partial charge in [-0.1, -0.05) is 41.6 Å². The summed E-state index contributed by atoms with van der Waals surface area (Å²) in [4.78, 5) is 41.1. The third-order valence-electron chi connectivity index (χ3n) is 4.00. The van der Waals surface area contributed by atoms with E-state index >= 15 is 0 Å². The number of ether oxygens (including phenoxy) is 1. The minimum atomic E-state index is -0.536. The van der Waals surface area contributed by atoms with Crippen LogP contribution in [0.2, 0.25) is 0 Å². The number of ketones is 1. The van der Waals surface area contributed by atoms with Crippen LogP contribution in [0.25, 0.3) is 10.2 Å². The number of nitrogens with zero attached hydrogens (tertiary/aromatic N) is 2. The highest BCUT2D eigenvalue weighted by atomic mass is 32.2. The highest BCUT2D eigenvalue weighted by molar-refractivity contribution is 7.99. The molecule has 8 heteroatoms. The summed E-state index contributed by atoms with van der Waals surface area (Å²) in [6.45, 7) is 4.31. The van der Waals surface area contributed by atoms with Gasteiger partial charge >= 0.3 is 5.97 Å². The SMILES string of the molecule is CCOC(=O)CC(=O)CSc1nc2ccsc2c(=O)n1Cc1ccc(C)cc1. The Hall–Kier alpha value is -2.45. The number of aryl methyl sites for hydroxylation is 1. The number of hydrogen-bond donors (Lipinski definition) is 0. The first-order valence-electron chi connectivity index (χ1n) is 8.81. The van der Waals surface area contributed by atoms with Crippen molar-refractivity contribution in [1.82, 2.24) is 9.55 Å². The molecule has 0 radical (unpaired) electrons. The van der Waals surface area contributed by atoms with Crippen molar-refractivity contribution < 1.29 is 14.3 Å². The molecule has 0 unspecified atom stereocenters. The summed E-state index contributed by atoms with van der Waals surface area (Å²) in [5.74, 6) is -0.745. The van der Waals surface area contributed by atoms with Crippen molar-refractivity contribution >= 4 is 45.1 Å². The van der Waals surface area contributed by atoms with E-state index in [0.29, 0.717) is 21.9 Å².